The number of aliphatic hydroxyl groups excluding tert-OH is 1. The molecule has 112 valence electrons. The van der Waals surface area contributed by atoms with E-state index in [0.717, 1.165) is 35.6 Å². The zero-order valence-electron chi connectivity index (χ0n) is 12.2. The summed E-state index contributed by atoms with van der Waals surface area (Å²) in [6.07, 6.45) is 3.57. The van der Waals surface area contributed by atoms with Gasteiger partial charge in [0.05, 0.1) is 19.3 Å². The van der Waals surface area contributed by atoms with E-state index in [4.69, 9.17) is 9.47 Å². The number of aliphatic hydroxyl groups is 1. The Morgan fingerprint density at radius 2 is 2.05 bits per heavy atom. The minimum atomic E-state index is -0.517. The van der Waals surface area contributed by atoms with Crippen LogP contribution in [0.1, 0.15) is 30.2 Å². The van der Waals surface area contributed by atoms with Crippen LogP contribution in [0.15, 0.2) is 30.5 Å². The first-order chi connectivity index (χ1) is 10.2. The van der Waals surface area contributed by atoms with Crippen molar-refractivity contribution in [3.63, 3.8) is 0 Å². The first-order valence-corrected chi connectivity index (χ1v) is 7.28. The second-order valence-corrected chi connectivity index (χ2v) is 5.26. The molecule has 1 aromatic carbocycles. The molecule has 0 bridgehead atoms. The maximum Gasteiger partial charge on any atom is 0.161 e. The number of rotatable bonds is 4. The molecule has 1 aliphatic heterocycles. The van der Waals surface area contributed by atoms with Crippen LogP contribution >= 0.6 is 0 Å². The van der Waals surface area contributed by atoms with Gasteiger partial charge in [0.1, 0.15) is 0 Å². The van der Waals surface area contributed by atoms with E-state index in [1.54, 1.807) is 6.20 Å². The second kappa shape index (κ2) is 6.18. The van der Waals surface area contributed by atoms with Gasteiger partial charge < -0.3 is 14.6 Å². The average molecular weight is 288 g/mol. The summed E-state index contributed by atoms with van der Waals surface area (Å²) in [5.74, 6) is 1.49. The molecule has 1 unspecified atom stereocenters. The highest BCUT2D eigenvalue weighted by Gasteiger charge is 2.15. The van der Waals surface area contributed by atoms with E-state index in [-0.39, 0.29) is 0 Å². The van der Waals surface area contributed by atoms with E-state index in [2.05, 4.69) is 5.10 Å². The SMILES string of the molecule is Cn1nccc1CCC(O)c1ccc2c(c1)OCCCO2. The Bertz CT molecular complexity index is 609. The first kappa shape index (κ1) is 13.9. The molecule has 2 aromatic rings. The van der Waals surface area contributed by atoms with Crippen LogP contribution in [0.5, 0.6) is 11.5 Å². The maximum absolute atomic E-state index is 10.4. The Hall–Kier alpha value is -2.01. The Morgan fingerprint density at radius 3 is 2.81 bits per heavy atom. The summed E-state index contributed by atoms with van der Waals surface area (Å²) in [4.78, 5) is 0. The maximum atomic E-state index is 10.4. The molecule has 0 spiro atoms. The molecule has 0 aliphatic carbocycles. The van der Waals surface area contributed by atoms with Crippen LogP contribution in [0.4, 0.5) is 0 Å². The fourth-order valence-corrected chi connectivity index (χ4v) is 2.48. The predicted molar refractivity (Wildman–Crippen MR) is 78.5 cm³/mol. The van der Waals surface area contributed by atoms with Crippen molar-refractivity contribution in [2.24, 2.45) is 7.05 Å². The topological polar surface area (TPSA) is 56.5 Å². The molecule has 0 saturated carbocycles. The molecule has 5 heteroatoms. The van der Waals surface area contributed by atoms with E-state index in [0.29, 0.717) is 19.6 Å². The summed E-state index contributed by atoms with van der Waals surface area (Å²) >= 11 is 0. The number of fused-ring (bicyclic) bond motifs is 1. The molecule has 1 aliphatic rings. The quantitative estimate of drug-likeness (QED) is 0.937. The summed E-state index contributed by atoms with van der Waals surface area (Å²) in [5.41, 5.74) is 1.98. The Balaban J connectivity index is 1.68. The number of ether oxygens (including phenoxy) is 2. The fraction of sp³-hybridized carbons (Fsp3) is 0.438. The van der Waals surface area contributed by atoms with Crippen molar-refractivity contribution in [2.75, 3.05) is 13.2 Å². The lowest BCUT2D eigenvalue weighted by Crippen LogP contribution is -2.04. The van der Waals surface area contributed by atoms with Gasteiger partial charge in [-0.25, -0.2) is 0 Å². The number of nitrogens with zero attached hydrogens (tertiary/aromatic N) is 2. The molecule has 5 nitrogen and oxygen atoms in total. The highest BCUT2D eigenvalue weighted by Crippen LogP contribution is 2.33. The Labute approximate surface area is 124 Å². The van der Waals surface area contributed by atoms with Crippen LogP contribution in [0.25, 0.3) is 0 Å². The number of benzene rings is 1. The standard InChI is InChI=1S/C16H20N2O3/c1-18-13(7-8-17-18)4-5-14(19)12-3-6-15-16(11-12)21-10-2-9-20-15/h3,6-8,11,14,19H,2,4-5,9-10H2,1H3. The summed E-state index contributed by atoms with van der Waals surface area (Å²) in [6.45, 7) is 1.33. The summed E-state index contributed by atoms with van der Waals surface area (Å²) < 4.78 is 13.1. The van der Waals surface area contributed by atoms with Crippen LogP contribution < -0.4 is 9.47 Å². The largest absolute Gasteiger partial charge is 0.490 e. The molecule has 1 aromatic heterocycles. The average Bonchev–Trinajstić information content (AvgIpc) is 2.76. The Kier molecular flexibility index (Phi) is 4.10. The third kappa shape index (κ3) is 3.19. The van der Waals surface area contributed by atoms with E-state index in [1.807, 2.05) is 36.0 Å². The fourth-order valence-electron chi connectivity index (χ4n) is 2.48. The molecular formula is C16H20N2O3. The van der Waals surface area contributed by atoms with Gasteiger partial charge in [0.25, 0.3) is 0 Å². The molecule has 21 heavy (non-hydrogen) atoms. The van der Waals surface area contributed by atoms with Gasteiger partial charge in [-0.1, -0.05) is 6.07 Å². The summed E-state index contributed by atoms with van der Waals surface area (Å²) in [7, 11) is 1.91. The molecular weight excluding hydrogens is 268 g/mol. The molecule has 0 fully saturated rings. The van der Waals surface area contributed by atoms with Crippen molar-refractivity contribution in [1.29, 1.82) is 0 Å². The van der Waals surface area contributed by atoms with Crippen molar-refractivity contribution < 1.29 is 14.6 Å². The van der Waals surface area contributed by atoms with Crippen LogP contribution in [-0.4, -0.2) is 28.1 Å². The first-order valence-electron chi connectivity index (χ1n) is 7.28. The summed E-state index contributed by atoms with van der Waals surface area (Å²) in [5, 5.41) is 14.5. The highest BCUT2D eigenvalue weighted by atomic mass is 16.5. The molecule has 1 N–H and O–H groups in total. The molecule has 0 saturated heterocycles. The lowest BCUT2D eigenvalue weighted by Gasteiger charge is -2.14. The van der Waals surface area contributed by atoms with Crippen LogP contribution in [0.3, 0.4) is 0 Å². The number of hydrogen-bond acceptors (Lipinski definition) is 4. The third-order valence-corrected chi connectivity index (χ3v) is 3.75. The van der Waals surface area contributed by atoms with Crippen LogP contribution in [0, 0.1) is 0 Å². The van der Waals surface area contributed by atoms with E-state index in [9.17, 15) is 5.11 Å². The molecule has 3 rings (SSSR count). The van der Waals surface area contributed by atoms with Crippen molar-refractivity contribution in [1.82, 2.24) is 9.78 Å². The number of hydrogen-bond donors (Lipinski definition) is 1. The van der Waals surface area contributed by atoms with Gasteiger partial charge in [0, 0.05) is 25.4 Å². The van der Waals surface area contributed by atoms with Crippen molar-refractivity contribution in [3.8, 4) is 11.5 Å². The monoisotopic (exact) mass is 288 g/mol. The van der Waals surface area contributed by atoms with E-state index in [1.165, 1.54) is 0 Å². The van der Waals surface area contributed by atoms with E-state index >= 15 is 0 Å². The summed E-state index contributed by atoms with van der Waals surface area (Å²) in [6, 6.07) is 7.64. The zero-order valence-corrected chi connectivity index (χ0v) is 12.2. The number of aryl methyl sites for hydroxylation is 2. The highest BCUT2D eigenvalue weighted by molar-refractivity contribution is 5.44. The molecule has 2 heterocycles. The number of aromatic nitrogens is 2. The normalized spacial score (nSPS) is 15.5. The van der Waals surface area contributed by atoms with Gasteiger partial charge in [-0.15, -0.1) is 0 Å². The van der Waals surface area contributed by atoms with Gasteiger partial charge in [0.15, 0.2) is 11.5 Å². The zero-order chi connectivity index (χ0) is 14.7. The molecule has 1 atom stereocenters. The van der Waals surface area contributed by atoms with Crippen molar-refractivity contribution in [3.05, 3.63) is 41.7 Å². The lowest BCUT2D eigenvalue weighted by molar-refractivity contribution is 0.166. The predicted octanol–water partition coefficient (Wildman–Crippen LogP) is 2.25. The molecule has 0 amide bonds. The smallest absolute Gasteiger partial charge is 0.161 e. The van der Waals surface area contributed by atoms with Gasteiger partial charge >= 0.3 is 0 Å². The minimum absolute atomic E-state index is 0.517. The lowest BCUT2D eigenvalue weighted by atomic mass is 10.0. The van der Waals surface area contributed by atoms with Gasteiger partial charge in [-0.2, -0.15) is 5.10 Å². The minimum Gasteiger partial charge on any atom is -0.490 e. The van der Waals surface area contributed by atoms with Crippen molar-refractivity contribution >= 4 is 0 Å². The Morgan fingerprint density at radius 1 is 1.24 bits per heavy atom. The van der Waals surface area contributed by atoms with Crippen molar-refractivity contribution in [2.45, 2.75) is 25.4 Å². The van der Waals surface area contributed by atoms with Gasteiger partial charge in [-0.05, 0) is 36.6 Å². The third-order valence-electron chi connectivity index (χ3n) is 3.75. The van der Waals surface area contributed by atoms with Crippen LogP contribution in [-0.2, 0) is 13.5 Å². The van der Waals surface area contributed by atoms with E-state index < -0.39 is 6.10 Å². The molecule has 0 radical (unpaired) electrons. The second-order valence-electron chi connectivity index (χ2n) is 5.26. The van der Waals surface area contributed by atoms with Gasteiger partial charge in [-0.3, -0.25) is 4.68 Å². The van der Waals surface area contributed by atoms with Crippen LogP contribution in [0.2, 0.25) is 0 Å². The van der Waals surface area contributed by atoms with Gasteiger partial charge in [0.2, 0.25) is 0 Å².